The molecule has 1 rings (SSSR count). The van der Waals surface area contributed by atoms with E-state index in [-0.39, 0.29) is 5.41 Å². The first-order valence-corrected chi connectivity index (χ1v) is 8.86. The largest absolute Gasteiger partial charge is 0.373 e. The summed E-state index contributed by atoms with van der Waals surface area (Å²) in [6, 6.07) is 0.412. The summed E-state index contributed by atoms with van der Waals surface area (Å²) in [6.07, 6.45) is 1.14. The summed E-state index contributed by atoms with van der Waals surface area (Å²) in [4.78, 5) is 9.39. The fourth-order valence-electron chi connectivity index (χ4n) is 1.95. The molecule has 2 N–H and O–H groups in total. The second kappa shape index (κ2) is 7.87. The lowest BCUT2D eigenvalue weighted by Crippen LogP contribution is -2.22. The van der Waals surface area contributed by atoms with Crippen LogP contribution in [0.15, 0.2) is 0 Å². The van der Waals surface area contributed by atoms with Crippen molar-refractivity contribution >= 4 is 23.4 Å². The minimum absolute atomic E-state index is 0.0585. The number of hydrogen-bond donors (Lipinski definition) is 2. The van der Waals surface area contributed by atoms with Crippen molar-refractivity contribution in [1.29, 1.82) is 0 Å². The van der Waals surface area contributed by atoms with Crippen LogP contribution in [0.4, 0.5) is 11.6 Å². The van der Waals surface area contributed by atoms with Crippen LogP contribution in [0.1, 0.15) is 52.4 Å². The monoisotopic (exact) mass is 310 g/mol. The van der Waals surface area contributed by atoms with Crippen molar-refractivity contribution in [3.8, 4) is 0 Å². The minimum atomic E-state index is -0.0585. The van der Waals surface area contributed by atoms with Crippen LogP contribution in [0.5, 0.6) is 0 Å². The molecule has 0 saturated heterocycles. The van der Waals surface area contributed by atoms with Crippen LogP contribution < -0.4 is 10.6 Å². The van der Waals surface area contributed by atoms with Gasteiger partial charge in [0.05, 0.1) is 0 Å². The first-order chi connectivity index (χ1) is 9.79. The van der Waals surface area contributed by atoms with E-state index in [0.717, 1.165) is 29.4 Å². The molecular formula is C16H30N4S. The maximum Gasteiger partial charge on any atom is 0.138 e. The molecule has 1 aromatic rings. The van der Waals surface area contributed by atoms with Gasteiger partial charge < -0.3 is 10.6 Å². The SMILES string of the molecule is CCSCCC(C)Nc1nc(C(C)(C)C)nc(NC)c1C. The number of nitrogens with one attached hydrogen (secondary N) is 2. The van der Waals surface area contributed by atoms with E-state index < -0.39 is 0 Å². The van der Waals surface area contributed by atoms with E-state index in [0.29, 0.717) is 6.04 Å². The lowest BCUT2D eigenvalue weighted by atomic mass is 9.95. The van der Waals surface area contributed by atoms with E-state index in [1.807, 2.05) is 18.8 Å². The summed E-state index contributed by atoms with van der Waals surface area (Å²) in [7, 11) is 1.91. The Kier molecular flexibility index (Phi) is 6.78. The fraction of sp³-hybridized carbons (Fsp3) is 0.750. The third-order valence-corrected chi connectivity index (χ3v) is 4.27. The standard InChI is InChI=1S/C16H30N4S/c1-8-21-10-9-11(2)18-14-12(3)13(17-7)19-15(20-14)16(4,5)6/h11H,8-10H2,1-7H3,(H2,17,18,19,20). The summed E-state index contributed by atoms with van der Waals surface area (Å²) in [5, 5.41) is 6.73. The van der Waals surface area contributed by atoms with Crippen LogP contribution in [0.25, 0.3) is 0 Å². The Hall–Kier alpha value is -0.970. The maximum atomic E-state index is 4.75. The Morgan fingerprint density at radius 2 is 1.81 bits per heavy atom. The Labute approximate surface area is 133 Å². The average molecular weight is 311 g/mol. The Bertz CT molecular complexity index is 454. The highest BCUT2D eigenvalue weighted by Gasteiger charge is 2.21. The van der Waals surface area contributed by atoms with Gasteiger partial charge in [-0.05, 0) is 31.8 Å². The molecule has 0 aliphatic rings. The smallest absolute Gasteiger partial charge is 0.138 e. The fourth-order valence-corrected chi connectivity index (χ4v) is 2.75. The molecule has 21 heavy (non-hydrogen) atoms. The van der Waals surface area contributed by atoms with E-state index in [1.165, 1.54) is 11.5 Å². The van der Waals surface area contributed by atoms with Crippen LogP contribution >= 0.6 is 11.8 Å². The van der Waals surface area contributed by atoms with Gasteiger partial charge in [-0.15, -0.1) is 0 Å². The Morgan fingerprint density at radius 3 is 2.33 bits per heavy atom. The first-order valence-electron chi connectivity index (χ1n) is 7.70. The molecular weight excluding hydrogens is 280 g/mol. The predicted octanol–water partition coefficient (Wildman–Crippen LogP) is 4.07. The predicted molar refractivity (Wildman–Crippen MR) is 95.7 cm³/mol. The summed E-state index contributed by atoms with van der Waals surface area (Å²) in [6.45, 7) is 12.9. The van der Waals surface area contributed by atoms with E-state index in [2.05, 4.69) is 57.2 Å². The Morgan fingerprint density at radius 1 is 1.19 bits per heavy atom. The van der Waals surface area contributed by atoms with Gasteiger partial charge >= 0.3 is 0 Å². The van der Waals surface area contributed by atoms with Gasteiger partial charge in [0.1, 0.15) is 17.5 Å². The molecule has 0 amide bonds. The molecule has 0 spiro atoms. The highest BCUT2D eigenvalue weighted by Crippen LogP contribution is 2.26. The molecule has 120 valence electrons. The molecule has 5 heteroatoms. The van der Waals surface area contributed by atoms with E-state index in [1.54, 1.807) is 0 Å². The topological polar surface area (TPSA) is 49.8 Å². The van der Waals surface area contributed by atoms with Gasteiger partial charge in [0, 0.05) is 24.1 Å². The molecule has 1 heterocycles. The van der Waals surface area contributed by atoms with Gasteiger partial charge in [0.15, 0.2) is 0 Å². The number of aromatic nitrogens is 2. The summed E-state index contributed by atoms with van der Waals surface area (Å²) in [5.41, 5.74) is 1.03. The molecule has 0 bridgehead atoms. The van der Waals surface area contributed by atoms with Gasteiger partial charge in [0.25, 0.3) is 0 Å². The van der Waals surface area contributed by atoms with Crippen LogP contribution in [-0.2, 0) is 5.41 Å². The molecule has 1 unspecified atom stereocenters. The molecule has 4 nitrogen and oxygen atoms in total. The van der Waals surface area contributed by atoms with Crippen molar-refractivity contribution in [3.05, 3.63) is 11.4 Å². The molecule has 1 aromatic heterocycles. The zero-order chi connectivity index (χ0) is 16.0. The van der Waals surface area contributed by atoms with Crippen molar-refractivity contribution < 1.29 is 0 Å². The second-order valence-corrected chi connectivity index (χ2v) is 7.79. The summed E-state index contributed by atoms with van der Waals surface area (Å²) >= 11 is 1.98. The van der Waals surface area contributed by atoms with Crippen molar-refractivity contribution in [2.75, 3.05) is 29.2 Å². The third-order valence-electron chi connectivity index (χ3n) is 3.34. The van der Waals surface area contributed by atoms with E-state index >= 15 is 0 Å². The minimum Gasteiger partial charge on any atom is -0.373 e. The molecule has 0 radical (unpaired) electrons. The van der Waals surface area contributed by atoms with Crippen molar-refractivity contribution in [3.63, 3.8) is 0 Å². The van der Waals surface area contributed by atoms with Gasteiger partial charge in [0.2, 0.25) is 0 Å². The molecule has 0 aromatic carbocycles. The van der Waals surface area contributed by atoms with Gasteiger partial charge in [-0.2, -0.15) is 11.8 Å². The van der Waals surface area contributed by atoms with Crippen LogP contribution in [0.3, 0.4) is 0 Å². The summed E-state index contributed by atoms with van der Waals surface area (Å²) in [5.74, 6) is 5.09. The van der Waals surface area contributed by atoms with Crippen molar-refractivity contribution in [1.82, 2.24) is 9.97 Å². The number of rotatable bonds is 7. The molecule has 0 saturated carbocycles. The first kappa shape index (κ1) is 18.1. The quantitative estimate of drug-likeness (QED) is 0.744. The second-order valence-electron chi connectivity index (χ2n) is 6.40. The number of thioether (sulfide) groups is 1. The van der Waals surface area contributed by atoms with Gasteiger partial charge in [-0.25, -0.2) is 9.97 Å². The molecule has 0 aliphatic heterocycles. The number of hydrogen-bond acceptors (Lipinski definition) is 5. The maximum absolute atomic E-state index is 4.75. The summed E-state index contributed by atoms with van der Waals surface area (Å²) < 4.78 is 0. The van der Waals surface area contributed by atoms with Crippen LogP contribution in [0.2, 0.25) is 0 Å². The lowest BCUT2D eigenvalue weighted by molar-refractivity contribution is 0.545. The lowest BCUT2D eigenvalue weighted by Gasteiger charge is -2.22. The highest BCUT2D eigenvalue weighted by molar-refractivity contribution is 7.99. The van der Waals surface area contributed by atoms with Crippen molar-refractivity contribution in [2.24, 2.45) is 0 Å². The zero-order valence-electron chi connectivity index (χ0n) is 14.5. The van der Waals surface area contributed by atoms with Gasteiger partial charge in [-0.3, -0.25) is 0 Å². The molecule has 0 aliphatic carbocycles. The van der Waals surface area contributed by atoms with Gasteiger partial charge in [-0.1, -0.05) is 27.7 Å². The van der Waals surface area contributed by atoms with Crippen LogP contribution in [0, 0.1) is 6.92 Å². The van der Waals surface area contributed by atoms with Crippen molar-refractivity contribution in [2.45, 2.75) is 59.4 Å². The van der Waals surface area contributed by atoms with E-state index in [4.69, 9.17) is 4.98 Å². The van der Waals surface area contributed by atoms with E-state index in [9.17, 15) is 0 Å². The third kappa shape index (κ3) is 5.38. The molecule has 1 atom stereocenters. The zero-order valence-corrected chi connectivity index (χ0v) is 15.3. The van der Waals surface area contributed by atoms with Crippen LogP contribution in [-0.4, -0.2) is 34.6 Å². The normalized spacial score (nSPS) is 13.1. The number of nitrogens with zero attached hydrogens (tertiary/aromatic N) is 2. The Balaban J connectivity index is 2.94. The highest BCUT2D eigenvalue weighted by atomic mass is 32.2. The average Bonchev–Trinajstić information content (AvgIpc) is 2.40. The number of anilines is 2. The molecule has 0 fully saturated rings.